The second kappa shape index (κ2) is 8.55. The largest absolute Gasteiger partial charge is 0.457 e. The minimum atomic E-state index is -3.55. The van der Waals surface area contributed by atoms with E-state index in [1.54, 1.807) is 24.3 Å². The lowest BCUT2D eigenvalue weighted by molar-refractivity contribution is 0.0472. The van der Waals surface area contributed by atoms with Crippen LogP contribution in [0.25, 0.3) is 0 Å². The minimum Gasteiger partial charge on any atom is -0.457 e. The molecule has 2 aromatic carbocycles. The van der Waals surface area contributed by atoms with Crippen LogP contribution < -0.4 is 0 Å². The van der Waals surface area contributed by atoms with Crippen molar-refractivity contribution in [1.82, 2.24) is 4.31 Å². The molecule has 0 amide bonds. The highest BCUT2D eigenvalue weighted by atomic mass is 32.2. The van der Waals surface area contributed by atoms with Crippen LogP contribution in [0.4, 0.5) is 0 Å². The van der Waals surface area contributed by atoms with E-state index in [-0.39, 0.29) is 17.1 Å². The maximum absolute atomic E-state index is 12.7. The van der Waals surface area contributed by atoms with Crippen molar-refractivity contribution >= 4 is 16.0 Å². The number of nitriles is 1. The summed E-state index contributed by atoms with van der Waals surface area (Å²) in [7, 11) is -3.55. The number of carbonyl (C=O) groups excluding carboxylic acids is 1. The van der Waals surface area contributed by atoms with Crippen LogP contribution in [-0.4, -0.2) is 31.8 Å². The second-order valence-electron chi connectivity index (χ2n) is 6.96. The highest BCUT2D eigenvalue weighted by molar-refractivity contribution is 7.89. The number of rotatable bonds is 5. The third-order valence-corrected chi connectivity index (χ3v) is 6.88. The van der Waals surface area contributed by atoms with Crippen LogP contribution in [0.1, 0.15) is 41.3 Å². The monoisotopic (exact) mass is 398 g/mol. The maximum atomic E-state index is 12.7. The number of ether oxygens (including phenoxy) is 1. The summed E-state index contributed by atoms with van der Waals surface area (Å²) in [5, 5.41) is 9.08. The first-order chi connectivity index (χ1) is 13.4. The van der Waals surface area contributed by atoms with Crippen molar-refractivity contribution < 1.29 is 17.9 Å². The third kappa shape index (κ3) is 4.41. The zero-order chi connectivity index (χ0) is 20.1. The molecule has 1 heterocycles. The smallest absolute Gasteiger partial charge is 0.338 e. The van der Waals surface area contributed by atoms with E-state index in [1.807, 2.05) is 0 Å². The van der Waals surface area contributed by atoms with Crippen molar-refractivity contribution in [3.05, 3.63) is 65.2 Å². The summed E-state index contributed by atoms with van der Waals surface area (Å²) in [6.07, 6.45) is 1.71. The number of benzene rings is 2. The van der Waals surface area contributed by atoms with Crippen molar-refractivity contribution in [2.24, 2.45) is 5.92 Å². The van der Waals surface area contributed by atoms with Crippen molar-refractivity contribution in [3.8, 4) is 6.07 Å². The van der Waals surface area contributed by atoms with Gasteiger partial charge >= 0.3 is 5.97 Å². The van der Waals surface area contributed by atoms with Crippen molar-refractivity contribution in [3.63, 3.8) is 0 Å². The van der Waals surface area contributed by atoms with E-state index >= 15 is 0 Å². The number of nitrogens with zero attached hydrogens (tertiary/aromatic N) is 2. The van der Waals surface area contributed by atoms with Crippen LogP contribution in [0.5, 0.6) is 0 Å². The molecular formula is C21H22N2O4S. The summed E-state index contributed by atoms with van der Waals surface area (Å²) < 4.78 is 32.2. The average molecular weight is 398 g/mol. The summed E-state index contributed by atoms with van der Waals surface area (Å²) in [5.74, 6) is -0.0294. The Kier molecular flexibility index (Phi) is 6.12. The first-order valence-corrected chi connectivity index (χ1v) is 10.6. The van der Waals surface area contributed by atoms with Gasteiger partial charge in [-0.2, -0.15) is 9.57 Å². The fourth-order valence-electron chi connectivity index (χ4n) is 3.12. The molecule has 3 rings (SSSR count). The van der Waals surface area contributed by atoms with Crippen LogP contribution in [0, 0.1) is 17.2 Å². The normalized spacial score (nSPS) is 15.7. The molecule has 1 fully saturated rings. The number of hydrogen-bond donors (Lipinski definition) is 0. The van der Waals surface area contributed by atoms with Gasteiger partial charge in [0.25, 0.3) is 0 Å². The molecule has 0 radical (unpaired) electrons. The molecule has 0 saturated carbocycles. The van der Waals surface area contributed by atoms with Crippen molar-refractivity contribution in [2.75, 3.05) is 13.1 Å². The lowest BCUT2D eigenvalue weighted by Gasteiger charge is -2.29. The van der Waals surface area contributed by atoms with E-state index in [0.29, 0.717) is 30.1 Å². The molecule has 0 spiro atoms. The Labute approximate surface area is 165 Å². The highest BCUT2D eigenvalue weighted by Crippen LogP contribution is 2.23. The number of esters is 1. The molecule has 7 heteroatoms. The predicted molar refractivity (Wildman–Crippen MR) is 104 cm³/mol. The fourth-order valence-corrected chi connectivity index (χ4v) is 4.59. The third-order valence-electron chi connectivity index (χ3n) is 4.97. The van der Waals surface area contributed by atoms with Crippen LogP contribution in [0.2, 0.25) is 0 Å². The molecule has 1 aliphatic heterocycles. The first-order valence-electron chi connectivity index (χ1n) is 9.17. The highest BCUT2D eigenvalue weighted by Gasteiger charge is 2.28. The summed E-state index contributed by atoms with van der Waals surface area (Å²) in [6, 6.07) is 14.7. The Morgan fingerprint density at radius 1 is 1.14 bits per heavy atom. The molecule has 0 aliphatic carbocycles. The molecule has 0 aromatic heterocycles. The first kappa shape index (κ1) is 20.1. The van der Waals surface area contributed by atoms with Gasteiger partial charge in [-0.15, -0.1) is 0 Å². The van der Waals surface area contributed by atoms with E-state index in [9.17, 15) is 13.2 Å². The standard InChI is InChI=1S/C21H22N2O4S/c1-16-10-12-23(13-11-16)28(25,26)20-8-6-17(7-9-20)21(24)27-15-19-5-3-2-4-18(19)14-22/h2-9,16H,10-13,15H2,1H3. The molecule has 1 aliphatic rings. The number of piperidine rings is 1. The lowest BCUT2D eigenvalue weighted by atomic mass is 10.0. The fraction of sp³-hybridized carbons (Fsp3) is 0.333. The summed E-state index contributed by atoms with van der Waals surface area (Å²) in [6.45, 7) is 3.14. The van der Waals surface area contributed by atoms with Gasteiger partial charge in [-0.3, -0.25) is 0 Å². The van der Waals surface area contributed by atoms with E-state index < -0.39 is 16.0 Å². The summed E-state index contributed by atoms with van der Waals surface area (Å²) in [5.41, 5.74) is 1.34. The van der Waals surface area contributed by atoms with Gasteiger partial charge in [-0.25, -0.2) is 13.2 Å². The Hall–Kier alpha value is -2.69. The molecule has 2 aromatic rings. The predicted octanol–water partition coefficient (Wildman–Crippen LogP) is 3.34. The Morgan fingerprint density at radius 2 is 1.79 bits per heavy atom. The Morgan fingerprint density at radius 3 is 2.43 bits per heavy atom. The van der Waals surface area contributed by atoms with Crippen molar-refractivity contribution in [2.45, 2.75) is 31.3 Å². The van der Waals surface area contributed by atoms with Crippen LogP contribution in [0.3, 0.4) is 0 Å². The van der Waals surface area contributed by atoms with Gasteiger partial charge in [0.15, 0.2) is 0 Å². The summed E-state index contributed by atoms with van der Waals surface area (Å²) in [4.78, 5) is 12.4. The van der Waals surface area contributed by atoms with Gasteiger partial charge in [-0.1, -0.05) is 25.1 Å². The molecule has 6 nitrogen and oxygen atoms in total. The molecular weight excluding hydrogens is 376 g/mol. The van der Waals surface area contributed by atoms with Gasteiger partial charge in [0.1, 0.15) is 6.61 Å². The molecule has 0 N–H and O–H groups in total. The second-order valence-corrected chi connectivity index (χ2v) is 8.89. The van der Waals surface area contributed by atoms with Crippen molar-refractivity contribution in [1.29, 1.82) is 5.26 Å². The molecule has 0 unspecified atom stereocenters. The van der Waals surface area contributed by atoms with E-state index in [2.05, 4.69) is 13.0 Å². The molecule has 28 heavy (non-hydrogen) atoms. The molecule has 0 bridgehead atoms. The van der Waals surface area contributed by atoms with E-state index in [0.717, 1.165) is 12.8 Å². The number of carbonyl (C=O) groups is 1. The Bertz CT molecular complexity index is 986. The van der Waals surface area contributed by atoms with Gasteiger partial charge in [0, 0.05) is 18.7 Å². The number of sulfonamides is 1. The van der Waals surface area contributed by atoms with Gasteiger partial charge in [0.05, 0.1) is 22.1 Å². The van der Waals surface area contributed by atoms with Crippen LogP contribution in [-0.2, 0) is 21.4 Å². The van der Waals surface area contributed by atoms with Gasteiger partial charge in [0.2, 0.25) is 10.0 Å². The number of hydrogen-bond acceptors (Lipinski definition) is 5. The SMILES string of the molecule is CC1CCN(S(=O)(=O)c2ccc(C(=O)OCc3ccccc3C#N)cc2)CC1. The average Bonchev–Trinajstić information content (AvgIpc) is 2.72. The zero-order valence-corrected chi connectivity index (χ0v) is 16.5. The van der Waals surface area contributed by atoms with E-state index in [1.165, 1.54) is 28.6 Å². The maximum Gasteiger partial charge on any atom is 0.338 e. The van der Waals surface area contributed by atoms with Gasteiger partial charge < -0.3 is 4.74 Å². The zero-order valence-electron chi connectivity index (χ0n) is 15.7. The molecule has 0 atom stereocenters. The topological polar surface area (TPSA) is 87.5 Å². The van der Waals surface area contributed by atoms with Crippen LogP contribution >= 0.6 is 0 Å². The Balaban J connectivity index is 1.67. The minimum absolute atomic E-state index is 0.0193. The molecule has 1 saturated heterocycles. The summed E-state index contributed by atoms with van der Waals surface area (Å²) >= 11 is 0. The quantitative estimate of drug-likeness (QED) is 0.721. The lowest BCUT2D eigenvalue weighted by Crippen LogP contribution is -2.37. The molecule has 146 valence electrons. The van der Waals surface area contributed by atoms with E-state index in [4.69, 9.17) is 10.00 Å². The van der Waals surface area contributed by atoms with Crippen LogP contribution in [0.15, 0.2) is 53.4 Å². The van der Waals surface area contributed by atoms with Gasteiger partial charge in [-0.05, 0) is 49.1 Å².